The molecule has 2 aromatic rings. The van der Waals surface area contributed by atoms with Crippen LogP contribution in [0, 0.1) is 6.92 Å². The van der Waals surface area contributed by atoms with Crippen molar-refractivity contribution in [3.05, 3.63) is 54.4 Å². The molecule has 0 aliphatic carbocycles. The first kappa shape index (κ1) is 16.5. The largest absolute Gasteiger partial charge is 0.372 e. The molecular formula is C20H26N3O+. The van der Waals surface area contributed by atoms with Gasteiger partial charge in [0.1, 0.15) is 0 Å². The van der Waals surface area contributed by atoms with E-state index < -0.39 is 0 Å². The third kappa shape index (κ3) is 3.94. The lowest BCUT2D eigenvalue weighted by atomic mass is 10.1. The number of amides is 1. The number of nitrogens with zero attached hydrogens (tertiary/aromatic N) is 2. The van der Waals surface area contributed by atoms with Crippen molar-refractivity contribution in [3.63, 3.8) is 0 Å². The topological polar surface area (TPSA) is 36.2 Å². The number of benzene rings is 1. The molecule has 1 aromatic heterocycles. The Morgan fingerprint density at radius 2 is 1.67 bits per heavy atom. The van der Waals surface area contributed by atoms with Crippen LogP contribution in [0.4, 0.5) is 11.4 Å². The molecule has 4 heteroatoms. The summed E-state index contributed by atoms with van der Waals surface area (Å²) in [5.74, 6) is -0.00502. The number of nitrogens with one attached hydrogen (secondary N) is 1. The maximum Gasteiger partial charge on any atom is 0.293 e. The highest BCUT2D eigenvalue weighted by molar-refractivity contribution is 5.92. The zero-order valence-electron chi connectivity index (χ0n) is 14.5. The summed E-state index contributed by atoms with van der Waals surface area (Å²) in [5, 5.41) is 3.01. The van der Waals surface area contributed by atoms with Crippen molar-refractivity contribution >= 4 is 17.3 Å². The van der Waals surface area contributed by atoms with Crippen LogP contribution in [0.3, 0.4) is 0 Å². The molecule has 126 valence electrons. The minimum atomic E-state index is -0.243. The summed E-state index contributed by atoms with van der Waals surface area (Å²) in [4.78, 5) is 14.9. The molecule has 0 saturated carbocycles. The molecule has 1 N–H and O–H groups in total. The summed E-state index contributed by atoms with van der Waals surface area (Å²) in [6, 6.07) is 12.0. The van der Waals surface area contributed by atoms with Crippen LogP contribution in [-0.4, -0.2) is 19.0 Å². The van der Waals surface area contributed by atoms with Gasteiger partial charge in [0.2, 0.25) is 6.04 Å². The van der Waals surface area contributed by atoms with Gasteiger partial charge in [0.25, 0.3) is 5.91 Å². The molecule has 4 nitrogen and oxygen atoms in total. The number of aryl methyl sites for hydroxylation is 1. The van der Waals surface area contributed by atoms with Gasteiger partial charge in [0, 0.05) is 43.5 Å². The second-order valence-electron chi connectivity index (χ2n) is 6.58. The smallest absolute Gasteiger partial charge is 0.293 e. The van der Waals surface area contributed by atoms with Gasteiger partial charge < -0.3 is 10.2 Å². The van der Waals surface area contributed by atoms with E-state index in [2.05, 4.69) is 22.3 Å². The van der Waals surface area contributed by atoms with Gasteiger partial charge in [-0.1, -0.05) is 0 Å². The molecule has 0 radical (unpaired) electrons. The van der Waals surface area contributed by atoms with Crippen LogP contribution < -0.4 is 14.8 Å². The molecule has 1 aromatic carbocycles. The molecule has 0 bridgehead atoms. The van der Waals surface area contributed by atoms with Gasteiger partial charge in [-0.2, -0.15) is 4.57 Å². The van der Waals surface area contributed by atoms with Crippen molar-refractivity contribution in [2.75, 3.05) is 23.3 Å². The molecule has 1 aliphatic heterocycles. The molecular weight excluding hydrogens is 298 g/mol. The minimum Gasteiger partial charge on any atom is -0.372 e. The molecule has 1 amide bonds. The van der Waals surface area contributed by atoms with E-state index >= 15 is 0 Å². The van der Waals surface area contributed by atoms with Crippen molar-refractivity contribution < 1.29 is 9.36 Å². The summed E-state index contributed by atoms with van der Waals surface area (Å²) < 4.78 is 1.92. The predicted molar refractivity (Wildman–Crippen MR) is 97.2 cm³/mol. The zero-order valence-corrected chi connectivity index (χ0v) is 14.5. The maximum absolute atomic E-state index is 12.4. The molecule has 0 spiro atoms. The first-order valence-electron chi connectivity index (χ1n) is 8.77. The van der Waals surface area contributed by atoms with E-state index in [1.54, 1.807) is 0 Å². The second kappa shape index (κ2) is 7.47. The van der Waals surface area contributed by atoms with Gasteiger partial charge in [0.05, 0.1) is 0 Å². The highest BCUT2D eigenvalue weighted by Crippen LogP contribution is 2.22. The van der Waals surface area contributed by atoms with Crippen LogP contribution in [0.1, 0.15) is 37.8 Å². The average Bonchev–Trinajstić information content (AvgIpc) is 2.63. The van der Waals surface area contributed by atoms with Crippen molar-refractivity contribution in [1.82, 2.24) is 0 Å². The lowest BCUT2D eigenvalue weighted by Crippen LogP contribution is -2.43. The zero-order chi connectivity index (χ0) is 16.9. The van der Waals surface area contributed by atoms with Gasteiger partial charge in [0.15, 0.2) is 12.4 Å². The first-order valence-corrected chi connectivity index (χ1v) is 8.77. The lowest BCUT2D eigenvalue weighted by Gasteiger charge is -2.28. The normalized spacial score (nSPS) is 15.8. The molecule has 24 heavy (non-hydrogen) atoms. The third-order valence-corrected chi connectivity index (χ3v) is 4.70. The number of hydrogen-bond acceptors (Lipinski definition) is 2. The van der Waals surface area contributed by atoms with Crippen molar-refractivity contribution in [1.29, 1.82) is 0 Å². The van der Waals surface area contributed by atoms with Crippen LogP contribution in [0.2, 0.25) is 0 Å². The quantitative estimate of drug-likeness (QED) is 0.874. The first-order chi connectivity index (χ1) is 11.6. The monoisotopic (exact) mass is 324 g/mol. The highest BCUT2D eigenvalue weighted by Gasteiger charge is 2.21. The summed E-state index contributed by atoms with van der Waals surface area (Å²) in [6.45, 7) is 6.21. The fourth-order valence-corrected chi connectivity index (χ4v) is 3.06. The SMILES string of the molecule is Cc1cc[n+]([C@@H](C)C(=O)Nc2ccc(N3CCCCC3)cc2)cc1. The van der Waals surface area contributed by atoms with Crippen LogP contribution in [-0.2, 0) is 4.79 Å². The van der Waals surface area contributed by atoms with Crippen LogP contribution in [0.5, 0.6) is 0 Å². The van der Waals surface area contributed by atoms with E-state index in [9.17, 15) is 4.79 Å². The predicted octanol–water partition coefficient (Wildman–Crippen LogP) is 3.47. The highest BCUT2D eigenvalue weighted by atomic mass is 16.2. The molecule has 1 aliphatic rings. The van der Waals surface area contributed by atoms with E-state index in [1.165, 1.54) is 30.5 Å². The Morgan fingerprint density at radius 3 is 2.29 bits per heavy atom. The molecule has 2 heterocycles. The van der Waals surface area contributed by atoms with Gasteiger partial charge in [-0.3, -0.25) is 4.79 Å². The van der Waals surface area contributed by atoms with E-state index in [4.69, 9.17) is 0 Å². The Bertz CT molecular complexity index is 673. The lowest BCUT2D eigenvalue weighted by molar-refractivity contribution is -0.705. The number of aromatic nitrogens is 1. The van der Waals surface area contributed by atoms with Crippen molar-refractivity contribution in [2.45, 2.75) is 39.2 Å². The van der Waals surface area contributed by atoms with E-state index in [0.29, 0.717) is 0 Å². The number of carbonyl (C=O) groups excluding carboxylic acids is 1. The average molecular weight is 324 g/mol. The third-order valence-electron chi connectivity index (χ3n) is 4.70. The molecule has 0 unspecified atom stereocenters. The van der Waals surface area contributed by atoms with Crippen LogP contribution in [0.25, 0.3) is 0 Å². The molecule has 1 saturated heterocycles. The number of hydrogen-bond donors (Lipinski definition) is 1. The van der Waals surface area contributed by atoms with Gasteiger partial charge >= 0.3 is 0 Å². The number of piperidine rings is 1. The Morgan fingerprint density at radius 1 is 1.04 bits per heavy atom. The Kier molecular flexibility index (Phi) is 5.14. The van der Waals surface area contributed by atoms with Gasteiger partial charge in [-0.05, 0) is 56.0 Å². The molecule has 1 fully saturated rings. The fourth-order valence-electron chi connectivity index (χ4n) is 3.06. The number of anilines is 2. The van der Waals surface area contributed by atoms with Crippen molar-refractivity contribution in [2.24, 2.45) is 0 Å². The Hall–Kier alpha value is -2.36. The number of pyridine rings is 1. The second-order valence-corrected chi connectivity index (χ2v) is 6.58. The summed E-state index contributed by atoms with van der Waals surface area (Å²) in [6.07, 6.45) is 7.75. The van der Waals surface area contributed by atoms with Crippen LogP contribution in [0.15, 0.2) is 48.8 Å². The number of rotatable bonds is 4. The molecule has 3 rings (SSSR count). The van der Waals surface area contributed by atoms with Crippen LogP contribution >= 0.6 is 0 Å². The summed E-state index contributed by atoms with van der Waals surface area (Å²) in [5.41, 5.74) is 3.28. The fraction of sp³-hybridized carbons (Fsp3) is 0.400. The van der Waals surface area contributed by atoms with Gasteiger partial charge in [-0.25, -0.2) is 0 Å². The molecule has 1 atom stereocenters. The summed E-state index contributed by atoms with van der Waals surface area (Å²) in [7, 11) is 0. The number of carbonyl (C=O) groups is 1. The Labute approximate surface area is 144 Å². The van der Waals surface area contributed by atoms with Crippen molar-refractivity contribution in [3.8, 4) is 0 Å². The summed E-state index contributed by atoms with van der Waals surface area (Å²) >= 11 is 0. The minimum absolute atomic E-state index is 0.00502. The van der Waals surface area contributed by atoms with E-state index in [1.807, 2.05) is 55.1 Å². The Balaban J connectivity index is 1.62. The van der Waals surface area contributed by atoms with E-state index in [0.717, 1.165) is 18.8 Å². The standard InChI is InChI=1S/C20H25N3O/c1-16-10-14-22(15-11-16)17(2)20(24)21-18-6-8-19(9-7-18)23-12-4-3-5-13-23/h6-11,14-15,17H,3-5,12-13H2,1-2H3/p+1/t17-/m0/s1. The van der Waals surface area contributed by atoms with E-state index in [-0.39, 0.29) is 11.9 Å². The van der Waals surface area contributed by atoms with Gasteiger partial charge in [-0.15, -0.1) is 0 Å². The maximum atomic E-state index is 12.4.